The molecule has 21 heavy (non-hydrogen) atoms. The van der Waals surface area contributed by atoms with Gasteiger partial charge in [-0.15, -0.1) is 5.10 Å². The van der Waals surface area contributed by atoms with Gasteiger partial charge in [0.05, 0.1) is 13.2 Å². The molecule has 110 valence electrons. The highest BCUT2D eigenvalue weighted by molar-refractivity contribution is 5.85. The van der Waals surface area contributed by atoms with E-state index < -0.39 is 17.6 Å². The maximum Gasteiger partial charge on any atom is 0.378 e. The van der Waals surface area contributed by atoms with Crippen LogP contribution < -0.4 is 5.32 Å². The minimum absolute atomic E-state index is 0.0746. The van der Waals surface area contributed by atoms with E-state index in [1.807, 2.05) is 0 Å². The Morgan fingerprint density at radius 2 is 2.24 bits per heavy atom. The number of anilines is 1. The molecular weight excluding hydrogens is 282 g/mol. The number of rotatable bonds is 2. The summed E-state index contributed by atoms with van der Waals surface area (Å²) in [6.07, 6.45) is 0.613. The summed E-state index contributed by atoms with van der Waals surface area (Å²) in [6, 6.07) is 3.39. The third-order valence-electron chi connectivity index (χ3n) is 3.32. The average molecular weight is 294 g/mol. The Morgan fingerprint density at radius 3 is 2.95 bits per heavy atom. The molecule has 1 aliphatic rings. The van der Waals surface area contributed by atoms with E-state index in [0.717, 1.165) is 12.1 Å². The third kappa shape index (κ3) is 2.32. The number of esters is 1. The van der Waals surface area contributed by atoms with Crippen molar-refractivity contribution in [2.75, 3.05) is 19.0 Å². The number of halogens is 2. The van der Waals surface area contributed by atoms with Gasteiger partial charge in [-0.05, 0) is 24.1 Å². The highest BCUT2D eigenvalue weighted by Crippen LogP contribution is 2.29. The Bertz CT molecular complexity index is 701. The molecule has 2 aromatic rings. The largest absolute Gasteiger partial charge is 0.463 e. The van der Waals surface area contributed by atoms with Crippen LogP contribution in [-0.2, 0) is 4.74 Å². The second-order valence-corrected chi connectivity index (χ2v) is 4.60. The van der Waals surface area contributed by atoms with Gasteiger partial charge >= 0.3 is 5.97 Å². The Labute approximate surface area is 118 Å². The molecule has 0 amide bonds. The summed E-state index contributed by atoms with van der Waals surface area (Å²) < 4.78 is 32.5. The number of carbonyl (C=O) groups excluding carboxylic acids is 1. The quantitative estimate of drug-likeness (QED) is 0.855. The molecule has 0 saturated carbocycles. The Morgan fingerprint density at radius 1 is 1.43 bits per heavy atom. The number of nitrogens with zero attached hydrogens (tertiary/aromatic N) is 3. The molecule has 0 aliphatic carbocycles. The SMILES string of the molecule is COC(=O)c1nc2n(n1)C(c1ccc(F)c(F)c1)CCN2. The Hall–Kier alpha value is -2.51. The maximum absolute atomic E-state index is 13.4. The molecule has 1 aliphatic heterocycles. The smallest absolute Gasteiger partial charge is 0.378 e. The predicted octanol–water partition coefficient (Wildman–Crippen LogP) is 1.75. The molecule has 0 radical (unpaired) electrons. The van der Waals surface area contributed by atoms with Crippen LogP contribution in [0.3, 0.4) is 0 Å². The van der Waals surface area contributed by atoms with Gasteiger partial charge in [0.15, 0.2) is 11.6 Å². The predicted molar refractivity (Wildman–Crippen MR) is 69.0 cm³/mol. The molecule has 0 saturated heterocycles. The molecule has 1 N–H and O–H groups in total. The average Bonchev–Trinajstić information content (AvgIpc) is 2.93. The minimum Gasteiger partial charge on any atom is -0.463 e. The van der Waals surface area contributed by atoms with E-state index in [2.05, 4.69) is 20.1 Å². The lowest BCUT2D eigenvalue weighted by Crippen LogP contribution is -2.25. The molecule has 8 heteroatoms. The van der Waals surface area contributed by atoms with Crippen LogP contribution in [0.1, 0.15) is 28.6 Å². The molecule has 1 aromatic carbocycles. The molecule has 1 unspecified atom stereocenters. The number of benzene rings is 1. The van der Waals surface area contributed by atoms with Gasteiger partial charge in [-0.3, -0.25) is 0 Å². The first-order valence-electron chi connectivity index (χ1n) is 6.34. The topological polar surface area (TPSA) is 69.0 Å². The first-order chi connectivity index (χ1) is 10.1. The summed E-state index contributed by atoms with van der Waals surface area (Å²) in [5.41, 5.74) is 0.568. The van der Waals surface area contributed by atoms with E-state index in [1.165, 1.54) is 17.9 Å². The van der Waals surface area contributed by atoms with Crippen molar-refractivity contribution in [3.05, 3.63) is 41.2 Å². The van der Waals surface area contributed by atoms with Crippen LogP contribution >= 0.6 is 0 Å². The van der Waals surface area contributed by atoms with Crippen LogP contribution in [0.2, 0.25) is 0 Å². The number of ether oxygens (including phenoxy) is 1. The molecule has 1 aromatic heterocycles. The van der Waals surface area contributed by atoms with Crippen molar-refractivity contribution in [1.29, 1.82) is 0 Å². The van der Waals surface area contributed by atoms with Crippen molar-refractivity contribution >= 4 is 11.9 Å². The molecule has 0 bridgehead atoms. The van der Waals surface area contributed by atoms with E-state index in [4.69, 9.17) is 0 Å². The first kappa shape index (κ1) is 13.5. The third-order valence-corrected chi connectivity index (χ3v) is 3.32. The minimum atomic E-state index is -0.916. The van der Waals surface area contributed by atoms with Crippen LogP contribution in [0, 0.1) is 11.6 Å². The van der Waals surface area contributed by atoms with Crippen molar-refractivity contribution in [1.82, 2.24) is 14.8 Å². The molecule has 3 rings (SSSR count). The fourth-order valence-corrected chi connectivity index (χ4v) is 2.31. The highest BCUT2D eigenvalue weighted by atomic mass is 19.2. The lowest BCUT2D eigenvalue weighted by Gasteiger charge is -2.24. The molecule has 1 atom stereocenters. The number of fused-ring (bicyclic) bond motifs is 1. The summed E-state index contributed by atoms with van der Waals surface area (Å²) in [7, 11) is 1.24. The lowest BCUT2D eigenvalue weighted by molar-refractivity contribution is 0.0586. The van der Waals surface area contributed by atoms with Gasteiger partial charge in [0.1, 0.15) is 0 Å². The van der Waals surface area contributed by atoms with Crippen molar-refractivity contribution in [2.24, 2.45) is 0 Å². The van der Waals surface area contributed by atoms with Crippen molar-refractivity contribution in [3.8, 4) is 0 Å². The van der Waals surface area contributed by atoms with Crippen LogP contribution in [-0.4, -0.2) is 34.4 Å². The number of nitrogens with one attached hydrogen (secondary N) is 1. The summed E-state index contributed by atoms with van der Waals surface area (Å²) in [5.74, 6) is -2.14. The highest BCUT2D eigenvalue weighted by Gasteiger charge is 2.27. The van der Waals surface area contributed by atoms with Gasteiger partial charge in [0, 0.05) is 6.54 Å². The van der Waals surface area contributed by atoms with Gasteiger partial charge in [0.25, 0.3) is 5.82 Å². The zero-order valence-electron chi connectivity index (χ0n) is 11.1. The second kappa shape index (κ2) is 5.12. The van der Waals surface area contributed by atoms with Crippen molar-refractivity contribution in [3.63, 3.8) is 0 Å². The fourth-order valence-electron chi connectivity index (χ4n) is 2.31. The van der Waals surface area contributed by atoms with Gasteiger partial charge in [0.2, 0.25) is 5.95 Å². The first-order valence-corrected chi connectivity index (χ1v) is 6.34. The van der Waals surface area contributed by atoms with Gasteiger partial charge < -0.3 is 10.1 Å². The zero-order valence-corrected chi connectivity index (χ0v) is 11.1. The van der Waals surface area contributed by atoms with E-state index >= 15 is 0 Å². The monoisotopic (exact) mass is 294 g/mol. The van der Waals surface area contributed by atoms with E-state index in [-0.39, 0.29) is 11.9 Å². The Kier molecular flexibility index (Phi) is 3.28. The number of methoxy groups -OCH3 is 1. The van der Waals surface area contributed by atoms with E-state index in [9.17, 15) is 13.6 Å². The van der Waals surface area contributed by atoms with Crippen LogP contribution in [0.4, 0.5) is 14.7 Å². The molecule has 0 fully saturated rings. The number of aromatic nitrogens is 3. The van der Waals surface area contributed by atoms with Gasteiger partial charge in [-0.1, -0.05) is 6.07 Å². The second-order valence-electron chi connectivity index (χ2n) is 4.60. The van der Waals surface area contributed by atoms with Crippen LogP contribution in [0.25, 0.3) is 0 Å². The van der Waals surface area contributed by atoms with Gasteiger partial charge in [-0.25, -0.2) is 18.3 Å². The molecular formula is C13H12F2N4O2. The summed E-state index contributed by atoms with van der Waals surface area (Å²) in [5, 5.41) is 7.09. The fraction of sp³-hybridized carbons (Fsp3) is 0.308. The van der Waals surface area contributed by atoms with Crippen molar-refractivity contribution in [2.45, 2.75) is 12.5 Å². The van der Waals surface area contributed by atoms with Crippen molar-refractivity contribution < 1.29 is 18.3 Å². The van der Waals surface area contributed by atoms with E-state index in [1.54, 1.807) is 0 Å². The van der Waals surface area contributed by atoms with Crippen LogP contribution in [0.15, 0.2) is 18.2 Å². The summed E-state index contributed by atoms with van der Waals surface area (Å²) in [4.78, 5) is 15.5. The summed E-state index contributed by atoms with van der Waals surface area (Å²) in [6.45, 7) is 0.586. The zero-order chi connectivity index (χ0) is 15.0. The molecule has 0 spiro atoms. The van der Waals surface area contributed by atoms with Crippen LogP contribution in [0.5, 0.6) is 0 Å². The standard InChI is InChI=1S/C13H12F2N4O2/c1-21-12(20)11-17-13-16-5-4-10(19(13)18-11)7-2-3-8(14)9(15)6-7/h2-3,6,10H,4-5H2,1H3,(H,16,17,18). The number of hydrogen-bond donors (Lipinski definition) is 1. The maximum atomic E-state index is 13.4. The Balaban J connectivity index is 2.01. The van der Waals surface area contributed by atoms with Gasteiger partial charge in [-0.2, -0.15) is 4.98 Å². The van der Waals surface area contributed by atoms with E-state index in [0.29, 0.717) is 24.5 Å². The number of hydrogen-bond acceptors (Lipinski definition) is 5. The normalized spacial score (nSPS) is 17.0. The molecule has 6 nitrogen and oxygen atoms in total. The lowest BCUT2D eigenvalue weighted by atomic mass is 10.0. The molecule has 2 heterocycles. The number of carbonyl (C=O) groups is 1. The summed E-state index contributed by atoms with van der Waals surface area (Å²) >= 11 is 0.